The Labute approximate surface area is 132 Å². The average molecular weight is 301 g/mol. The third kappa shape index (κ3) is 4.72. The highest BCUT2D eigenvalue weighted by atomic mass is 19.1. The Bertz CT molecular complexity index is 543. The molecular weight excluding hydrogens is 277 g/mol. The molecule has 0 amide bonds. The quantitative estimate of drug-likeness (QED) is 0.807. The minimum atomic E-state index is -0.325. The summed E-state index contributed by atoms with van der Waals surface area (Å²) < 4.78 is 13.7. The molecule has 4 heteroatoms. The number of pyridine rings is 1. The van der Waals surface area contributed by atoms with E-state index in [1.807, 2.05) is 19.1 Å². The normalized spacial score (nSPS) is 17.0. The second-order valence-electron chi connectivity index (χ2n) is 5.49. The third-order valence-electron chi connectivity index (χ3n) is 3.93. The van der Waals surface area contributed by atoms with Crippen LogP contribution in [0, 0.1) is 0 Å². The van der Waals surface area contributed by atoms with E-state index in [9.17, 15) is 4.39 Å². The summed E-state index contributed by atoms with van der Waals surface area (Å²) in [6.07, 6.45) is 9.96. The van der Waals surface area contributed by atoms with Crippen molar-refractivity contribution < 1.29 is 4.39 Å². The Morgan fingerprint density at radius 2 is 2.00 bits per heavy atom. The first-order valence-corrected chi connectivity index (χ1v) is 7.79. The van der Waals surface area contributed by atoms with Gasteiger partial charge in [0.2, 0.25) is 0 Å². The van der Waals surface area contributed by atoms with Gasteiger partial charge in [-0.3, -0.25) is 4.98 Å². The Kier molecular flexibility index (Phi) is 6.19. The Hall–Kier alpha value is -2.10. The lowest BCUT2D eigenvalue weighted by atomic mass is 10.1. The summed E-state index contributed by atoms with van der Waals surface area (Å²) in [5.74, 6) is -0.325. The Morgan fingerprint density at radius 3 is 2.64 bits per heavy atom. The van der Waals surface area contributed by atoms with E-state index in [0.717, 1.165) is 30.0 Å². The van der Waals surface area contributed by atoms with Crippen LogP contribution >= 0.6 is 0 Å². The van der Waals surface area contributed by atoms with Gasteiger partial charge in [0.05, 0.1) is 5.70 Å². The molecule has 1 aliphatic heterocycles. The lowest BCUT2D eigenvalue weighted by Crippen LogP contribution is -2.30. The maximum absolute atomic E-state index is 13.7. The first-order chi connectivity index (χ1) is 10.7. The van der Waals surface area contributed by atoms with Crippen LogP contribution in [0.15, 0.2) is 60.5 Å². The first kappa shape index (κ1) is 16.3. The summed E-state index contributed by atoms with van der Waals surface area (Å²) >= 11 is 0. The number of nitrogens with zero attached hydrogens (tertiary/aromatic N) is 2. The van der Waals surface area contributed by atoms with Gasteiger partial charge in [-0.05, 0) is 56.0 Å². The average Bonchev–Trinajstić information content (AvgIpc) is 2.59. The topological polar surface area (TPSA) is 28.2 Å². The van der Waals surface area contributed by atoms with Gasteiger partial charge < -0.3 is 10.2 Å². The van der Waals surface area contributed by atoms with E-state index in [0.29, 0.717) is 6.54 Å². The van der Waals surface area contributed by atoms with Gasteiger partial charge >= 0.3 is 0 Å². The maximum Gasteiger partial charge on any atom is 0.124 e. The van der Waals surface area contributed by atoms with Crippen LogP contribution in [-0.2, 0) is 6.54 Å². The monoisotopic (exact) mass is 301 g/mol. The van der Waals surface area contributed by atoms with Crippen molar-refractivity contribution in [3.8, 4) is 0 Å². The summed E-state index contributed by atoms with van der Waals surface area (Å²) in [7, 11) is 0. The Balaban J connectivity index is 2.16. The van der Waals surface area contributed by atoms with Gasteiger partial charge in [0.15, 0.2) is 0 Å². The van der Waals surface area contributed by atoms with E-state index in [1.54, 1.807) is 12.4 Å². The summed E-state index contributed by atoms with van der Waals surface area (Å²) in [6, 6.07) is 3.91. The number of piperidine rings is 1. The second-order valence-corrected chi connectivity index (χ2v) is 5.49. The molecule has 2 heterocycles. The lowest BCUT2D eigenvalue weighted by molar-refractivity contribution is 0.282. The van der Waals surface area contributed by atoms with Gasteiger partial charge in [0.25, 0.3) is 0 Å². The molecule has 0 spiro atoms. The van der Waals surface area contributed by atoms with Crippen molar-refractivity contribution in [3.05, 3.63) is 66.0 Å². The number of halogens is 1. The first-order valence-electron chi connectivity index (χ1n) is 7.79. The van der Waals surface area contributed by atoms with Crippen molar-refractivity contribution in [2.45, 2.75) is 32.7 Å². The molecule has 0 saturated carbocycles. The van der Waals surface area contributed by atoms with Crippen LogP contribution in [0.4, 0.5) is 4.39 Å². The van der Waals surface area contributed by atoms with Gasteiger partial charge in [0, 0.05) is 37.7 Å². The highest BCUT2D eigenvalue weighted by molar-refractivity contribution is 5.28. The van der Waals surface area contributed by atoms with Crippen molar-refractivity contribution in [2.24, 2.45) is 0 Å². The number of allylic oxidation sites excluding steroid dienone is 4. The van der Waals surface area contributed by atoms with Gasteiger partial charge in [-0.1, -0.05) is 6.58 Å². The van der Waals surface area contributed by atoms with Gasteiger partial charge in [0.1, 0.15) is 5.83 Å². The molecule has 1 aromatic heterocycles. The van der Waals surface area contributed by atoms with Crippen LogP contribution in [0.2, 0.25) is 0 Å². The molecule has 1 fully saturated rings. The summed E-state index contributed by atoms with van der Waals surface area (Å²) in [4.78, 5) is 6.33. The zero-order valence-electron chi connectivity index (χ0n) is 13.2. The highest BCUT2D eigenvalue weighted by Crippen LogP contribution is 2.18. The summed E-state index contributed by atoms with van der Waals surface area (Å²) in [6.45, 7) is 8.25. The molecular formula is C18H24FN3. The standard InChI is InChI=1S/C18H24FN3/c1-3-17(19)13-18(15(2)22-11-5-4-6-12-22)21-14-16-7-9-20-10-8-16/h3,7-10,13,21H,1,4-6,11-12,14H2,2H3/b17-13+,18-15-. The van der Waals surface area contributed by atoms with E-state index >= 15 is 0 Å². The van der Waals surface area contributed by atoms with E-state index in [-0.39, 0.29) is 5.83 Å². The molecule has 0 aliphatic carbocycles. The van der Waals surface area contributed by atoms with Gasteiger partial charge in [-0.2, -0.15) is 0 Å². The van der Waals surface area contributed by atoms with Crippen molar-refractivity contribution in [1.29, 1.82) is 0 Å². The highest BCUT2D eigenvalue weighted by Gasteiger charge is 2.13. The number of likely N-dealkylation sites (tertiary alicyclic amines) is 1. The fourth-order valence-electron chi connectivity index (χ4n) is 2.58. The van der Waals surface area contributed by atoms with Crippen LogP contribution in [0.5, 0.6) is 0 Å². The molecule has 3 nitrogen and oxygen atoms in total. The van der Waals surface area contributed by atoms with Gasteiger partial charge in [-0.25, -0.2) is 4.39 Å². The molecule has 22 heavy (non-hydrogen) atoms. The number of rotatable bonds is 6. The minimum Gasteiger partial charge on any atom is -0.379 e. The van der Waals surface area contributed by atoms with Gasteiger partial charge in [-0.15, -0.1) is 0 Å². The Morgan fingerprint density at radius 1 is 1.32 bits per heavy atom. The van der Waals surface area contributed by atoms with Crippen LogP contribution in [-0.4, -0.2) is 23.0 Å². The molecule has 1 aliphatic rings. The number of nitrogens with one attached hydrogen (secondary N) is 1. The third-order valence-corrected chi connectivity index (χ3v) is 3.93. The van der Waals surface area contributed by atoms with E-state index < -0.39 is 0 Å². The predicted octanol–water partition coefficient (Wildman–Crippen LogP) is 3.93. The molecule has 0 aromatic carbocycles. The smallest absolute Gasteiger partial charge is 0.124 e. The van der Waals surface area contributed by atoms with Crippen LogP contribution in [0.3, 0.4) is 0 Å². The fourth-order valence-corrected chi connectivity index (χ4v) is 2.58. The molecule has 0 unspecified atom stereocenters. The van der Waals surface area contributed by atoms with Crippen molar-refractivity contribution in [1.82, 2.24) is 15.2 Å². The molecule has 118 valence electrons. The van der Waals surface area contributed by atoms with E-state index in [4.69, 9.17) is 0 Å². The predicted molar refractivity (Wildman–Crippen MR) is 88.6 cm³/mol. The summed E-state index contributed by atoms with van der Waals surface area (Å²) in [5.41, 5.74) is 3.02. The lowest BCUT2D eigenvalue weighted by Gasteiger charge is -2.31. The van der Waals surface area contributed by atoms with Crippen LogP contribution in [0.1, 0.15) is 31.7 Å². The number of aromatic nitrogens is 1. The number of hydrogen-bond acceptors (Lipinski definition) is 3. The zero-order valence-corrected chi connectivity index (χ0v) is 13.2. The molecule has 0 bridgehead atoms. The minimum absolute atomic E-state index is 0.325. The largest absolute Gasteiger partial charge is 0.379 e. The van der Waals surface area contributed by atoms with Crippen LogP contribution in [0.25, 0.3) is 0 Å². The molecule has 1 N–H and O–H groups in total. The van der Waals surface area contributed by atoms with Crippen molar-refractivity contribution in [2.75, 3.05) is 13.1 Å². The maximum atomic E-state index is 13.7. The molecule has 2 rings (SSSR count). The SMILES string of the molecule is C=C/C(F)=C\C(NCc1ccncc1)=C(/C)N1CCCCC1. The van der Waals surface area contributed by atoms with E-state index in [2.05, 4.69) is 21.8 Å². The fraction of sp³-hybridized carbons (Fsp3) is 0.389. The molecule has 0 atom stereocenters. The van der Waals surface area contributed by atoms with E-state index in [1.165, 1.54) is 31.4 Å². The molecule has 1 aromatic rings. The summed E-state index contributed by atoms with van der Waals surface area (Å²) in [5, 5.41) is 3.34. The van der Waals surface area contributed by atoms with Crippen molar-refractivity contribution >= 4 is 0 Å². The molecule has 1 saturated heterocycles. The van der Waals surface area contributed by atoms with Crippen LogP contribution < -0.4 is 5.32 Å². The van der Waals surface area contributed by atoms with Crippen molar-refractivity contribution in [3.63, 3.8) is 0 Å². The number of hydrogen-bond donors (Lipinski definition) is 1. The second kappa shape index (κ2) is 8.37. The zero-order chi connectivity index (χ0) is 15.8. The molecule has 0 radical (unpaired) electrons.